The lowest BCUT2D eigenvalue weighted by molar-refractivity contribution is 0.283. The summed E-state index contributed by atoms with van der Waals surface area (Å²) in [6.07, 6.45) is 0. The predicted octanol–water partition coefficient (Wildman–Crippen LogP) is 2.79. The number of halogens is 1. The monoisotopic (exact) mass is 343 g/mol. The van der Waals surface area contributed by atoms with Crippen LogP contribution in [-0.2, 0) is 13.2 Å². The van der Waals surface area contributed by atoms with E-state index in [9.17, 15) is 9.50 Å². The second-order valence-corrected chi connectivity index (χ2v) is 5.33. The third-order valence-corrected chi connectivity index (χ3v) is 3.51. The summed E-state index contributed by atoms with van der Waals surface area (Å²) in [5, 5.41) is 13.1. The molecule has 3 rings (SSSR count). The average Bonchev–Trinajstić information content (AvgIpc) is 3.09. The number of rotatable bonds is 8. The normalized spacial score (nSPS) is 10.6. The maximum Gasteiger partial charge on any atom is 0.246 e. The standard InChI is InChI=1S/C18H18FN3O3/c19-14-6-8-16(9-7-14)24-13-17-20-18(25-21-17)12-22(10-11-23)15-4-2-1-3-5-15/h1-9,23H,10-13H2. The van der Waals surface area contributed by atoms with Gasteiger partial charge in [-0.2, -0.15) is 4.98 Å². The van der Waals surface area contributed by atoms with Crippen LogP contribution in [0.25, 0.3) is 0 Å². The molecule has 0 radical (unpaired) electrons. The third kappa shape index (κ3) is 4.77. The summed E-state index contributed by atoms with van der Waals surface area (Å²) in [5.41, 5.74) is 0.957. The first kappa shape index (κ1) is 16.9. The molecule has 7 heteroatoms. The summed E-state index contributed by atoms with van der Waals surface area (Å²) in [5.74, 6) is 1.03. The zero-order valence-corrected chi connectivity index (χ0v) is 13.5. The summed E-state index contributed by atoms with van der Waals surface area (Å²) in [4.78, 5) is 6.23. The second-order valence-electron chi connectivity index (χ2n) is 5.33. The van der Waals surface area contributed by atoms with Crippen molar-refractivity contribution in [3.8, 4) is 5.75 Å². The highest BCUT2D eigenvalue weighted by atomic mass is 19.1. The molecule has 3 aromatic rings. The zero-order valence-electron chi connectivity index (χ0n) is 13.5. The fourth-order valence-electron chi connectivity index (χ4n) is 2.31. The SMILES string of the molecule is OCCN(Cc1nc(COc2ccc(F)cc2)no1)c1ccccc1. The summed E-state index contributed by atoms with van der Waals surface area (Å²) >= 11 is 0. The minimum atomic E-state index is -0.320. The summed E-state index contributed by atoms with van der Waals surface area (Å²) < 4.78 is 23.6. The Bertz CT molecular complexity index is 778. The van der Waals surface area contributed by atoms with Gasteiger partial charge >= 0.3 is 0 Å². The Labute approximate surface area is 144 Å². The van der Waals surface area contributed by atoms with Gasteiger partial charge in [0.1, 0.15) is 11.6 Å². The largest absolute Gasteiger partial charge is 0.485 e. The lowest BCUT2D eigenvalue weighted by Crippen LogP contribution is -2.26. The molecule has 0 saturated heterocycles. The van der Waals surface area contributed by atoms with Crippen molar-refractivity contribution in [2.45, 2.75) is 13.2 Å². The zero-order chi connectivity index (χ0) is 17.5. The Kier molecular flexibility index (Phi) is 5.58. The van der Waals surface area contributed by atoms with Crippen molar-refractivity contribution < 1.29 is 18.8 Å². The van der Waals surface area contributed by atoms with Gasteiger partial charge in [-0.25, -0.2) is 4.39 Å². The third-order valence-electron chi connectivity index (χ3n) is 3.51. The number of hydrogen-bond acceptors (Lipinski definition) is 6. The number of aliphatic hydroxyl groups is 1. The molecule has 0 aliphatic rings. The van der Waals surface area contributed by atoms with Gasteiger partial charge in [-0.3, -0.25) is 0 Å². The molecule has 0 atom stereocenters. The van der Waals surface area contributed by atoms with E-state index < -0.39 is 0 Å². The number of para-hydroxylation sites is 1. The quantitative estimate of drug-likeness (QED) is 0.678. The highest BCUT2D eigenvalue weighted by Crippen LogP contribution is 2.16. The van der Waals surface area contributed by atoms with Crippen molar-refractivity contribution in [3.63, 3.8) is 0 Å². The first-order valence-electron chi connectivity index (χ1n) is 7.85. The predicted molar refractivity (Wildman–Crippen MR) is 89.6 cm³/mol. The fourth-order valence-corrected chi connectivity index (χ4v) is 2.31. The molecule has 1 aromatic heterocycles. The highest BCUT2D eigenvalue weighted by Gasteiger charge is 2.13. The molecule has 1 heterocycles. The summed E-state index contributed by atoms with van der Waals surface area (Å²) in [6, 6.07) is 15.4. The van der Waals surface area contributed by atoms with Gasteiger partial charge in [-0.1, -0.05) is 23.4 Å². The number of anilines is 1. The minimum Gasteiger partial charge on any atom is -0.485 e. The molecule has 0 saturated carbocycles. The van der Waals surface area contributed by atoms with E-state index in [1.807, 2.05) is 35.2 Å². The first-order chi connectivity index (χ1) is 12.2. The van der Waals surface area contributed by atoms with Gasteiger partial charge in [0.05, 0.1) is 13.2 Å². The number of hydrogen-bond donors (Lipinski definition) is 1. The van der Waals surface area contributed by atoms with E-state index in [1.165, 1.54) is 24.3 Å². The van der Waals surface area contributed by atoms with Crippen LogP contribution < -0.4 is 9.64 Å². The van der Waals surface area contributed by atoms with E-state index in [-0.39, 0.29) is 19.0 Å². The number of aromatic nitrogens is 2. The van der Waals surface area contributed by atoms with Crippen molar-refractivity contribution >= 4 is 5.69 Å². The van der Waals surface area contributed by atoms with E-state index in [0.29, 0.717) is 30.6 Å². The van der Waals surface area contributed by atoms with Crippen LogP contribution >= 0.6 is 0 Å². The molecular weight excluding hydrogens is 325 g/mol. The molecule has 0 bridgehead atoms. The minimum absolute atomic E-state index is 0.0174. The van der Waals surface area contributed by atoms with Crippen LogP contribution in [0.3, 0.4) is 0 Å². The molecule has 0 spiro atoms. The lowest BCUT2D eigenvalue weighted by Gasteiger charge is -2.21. The van der Waals surface area contributed by atoms with E-state index in [4.69, 9.17) is 9.26 Å². The maximum atomic E-state index is 12.9. The molecule has 0 fully saturated rings. The Balaban J connectivity index is 1.61. The van der Waals surface area contributed by atoms with Gasteiger partial charge in [0.2, 0.25) is 11.7 Å². The van der Waals surface area contributed by atoms with Crippen LogP contribution in [0.1, 0.15) is 11.7 Å². The van der Waals surface area contributed by atoms with Gasteiger partial charge in [0.15, 0.2) is 6.61 Å². The molecule has 0 amide bonds. The van der Waals surface area contributed by atoms with Crippen molar-refractivity contribution in [1.29, 1.82) is 0 Å². The summed E-state index contributed by atoms with van der Waals surface area (Å²) in [6.45, 7) is 0.978. The number of nitrogens with zero attached hydrogens (tertiary/aromatic N) is 3. The van der Waals surface area contributed by atoms with Gasteiger partial charge in [0, 0.05) is 12.2 Å². The van der Waals surface area contributed by atoms with Crippen LogP contribution in [0, 0.1) is 5.82 Å². The topological polar surface area (TPSA) is 71.6 Å². The van der Waals surface area contributed by atoms with Crippen molar-refractivity contribution in [3.05, 3.63) is 72.1 Å². The molecular formula is C18H18FN3O3. The van der Waals surface area contributed by atoms with E-state index in [0.717, 1.165) is 5.69 Å². The van der Waals surface area contributed by atoms with Gasteiger partial charge in [-0.15, -0.1) is 0 Å². The maximum absolute atomic E-state index is 12.9. The Morgan fingerprint density at radius 1 is 1.08 bits per heavy atom. The van der Waals surface area contributed by atoms with E-state index in [2.05, 4.69) is 10.1 Å². The van der Waals surface area contributed by atoms with Crippen molar-refractivity contribution in [2.75, 3.05) is 18.1 Å². The molecule has 0 unspecified atom stereocenters. The van der Waals surface area contributed by atoms with Crippen LogP contribution in [0.4, 0.5) is 10.1 Å². The Hall–Kier alpha value is -2.93. The van der Waals surface area contributed by atoms with Crippen molar-refractivity contribution in [1.82, 2.24) is 10.1 Å². The van der Waals surface area contributed by atoms with E-state index >= 15 is 0 Å². The molecule has 1 N–H and O–H groups in total. The number of ether oxygens (including phenoxy) is 1. The van der Waals surface area contributed by atoms with Crippen LogP contribution in [0.15, 0.2) is 59.1 Å². The first-order valence-corrected chi connectivity index (χ1v) is 7.85. The number of benzene rings is 2. The van der Waals surface area contributed by atoms with Crippen molar-refractivity contribution in [2.24, 2.45) is 0 Å². The van der Waals surface area contributed by atoms with Crippen LogP contribution in [0.2, 0.25) is 0 Å². The van der Waals surface area contributed by atoms with E-state index in [1.54, 1.807) is 0 Å². The lowest BCUT2D eigenvalue weighted by atomic mass is 10.3. The summed E-state index contributed by atoms with van der Waals surface area (Å²) in [7, 11) is 0. The van der Waals surface area contributed by atoms with Crippen LogP contribution in [-0.4, -0.2) is 28.4 Å². The second kappa shape index (κ2) is 8.25. The number of aliphatic hydroxyl groups excluding tert-OH is 1. The average molecular weight is 343 g/mol. The van der Waals surface area contributed by atoms with Gasteiger partial charge in [-0.05, 0) is 36.4 Å². The molecule has 0 aliphatic heterocycles. The smallest absolute Gasteiger partial charge is 0.246 e. The molecule has 130 valence electrons. The van der Waals surface area contributed by atoms with Crippen LogP contribution in [0.5, 0.6) is 5.75 Å². The molecule has 0 aliphatic carbocycles. The van der Waals surface area contributed by atoms with Gasteiger partial charge < -0.3 is 19.3 Å². The Morgan fingerprint density at radius 2 is 1.84 bits per heavy atom. The fraction of sp³-hybridized carbons (Fsp3) is 0.222. The molecule has 25 heavy (non-hydrogen) atoms. The Morgan fingerprint density at radius 3 is 2.56 bits per heavy atom. The van der Waals surface area contributed by atoms with Gasteiger partial charge in [0.25, 0.3) is 0 Å². The molecule has 2 aromatic carbocycles. The highest BCUT2D eigenvalue weighted by molar-refractivity contribution is 5.45. The molecule has 6 nitrogen and oxygen atoms in total.